The molecule has 1 atom stereocenters. The average molecular weight is 375 g/mol. The van der Waals surface area contributed by atoms with E-state index in [1.165, 1.54) is 30.4 Å². The second-order valence-electron chi connectivity index (χ2n) is 5.67. The van der Waals surface area contributed by atoms with Gasteiger partial charge in [0.05, 0.1) is 5.75 Å². The van der Waals surface area contributed by atoms with Crippen LogP contribution < -0.4 is 0 Å². The molecule has 0 saturated carbocycles. The molecule has 0 N–H and O–H groups in total. The molecule has 1 fully saturated rings. The van der Waals surface area contributed by atoms with E-state index in [4.69, 9.17) is 0 Å². The van der Waals surface area contributed by atoms with Crippen molar-refractivity contribution in [2.24, 2.45) is 11.8 Å². The van der Waals surface area contributed by atoms with Gasteiger partial charge in [0.25, 0.3) is 0 Å². The van der Waals surface area contributed by atoms with Gasteiger partial charge in [-0.1, -0.05) is 25.6 Å². The number of thioether (sulfide) groups is 3. The molecular formula is C14H21F3O2S3. The van der Waals surface area contributed by atoms with Gasteiger partial charge in [-0.3, -0.25) is 4.79 Å². The first-order valence-electron chi connectivity index (χ1n) is 7.10. The van der Waals surface area contributed by atoms with Crippen LogP contribution in [0.2, 0.25) is 0 Å². The van der Waals surface area contributed by atoms with Crippen LogP contribution in [0.15, 0.2) is 0 Å². The van der Waals surface area contributed by atoms with E-state index in [1.54, 1.807) is 0 Å². The van der Waals surface area contributed by atoms with E-state index in [-0.39, 0.29) is 24.0 Å². The number of carbonyl (C=O) groups is 2. The highest BCUT2D eigenvalue weighted by Gasteiger charge is 2.50. The Labute approximate surface area is 142 Å². The van der Waals surface area contributed by atoms with Crippen molar-refractivity contribution >= 4 is 46.2 Å². The minimum Gasteiger partial charge on any atom is -0.300 e. The SMILES string of the molecule is CC(=O)CC(C(C)C)C1(C(=O)SCC(F)(F)F)SCCCS1. The van der Waals surface area contributed by atoms with Crippen LogP contribution in [-0.4, -0.2) is 38.4 Å². The van der Waals surface area contributed by atoms with Gasteiger partial charge in [-0.25, -0.2) is 0 Å². The quantitative estimate of drug-likeness (QED) is 0.677. The number of Topliss-reactive ketones (excluding diaryl/α,β-unsaturated/α-hetero) is 1. The zero-order chi connectivity index (χ0) is 17.0. The van der Waals surface area contributed by atoms with Crippen LogP contribution in [0.25, 0.3) is 0 Å². The zero-order valence-corrected chi connectivity index (χ0v) is 15.3. The van der Waals surface area contributed by atoms with Crippen LogP contribution in [0, 0.1) is 11.8 Å². The number of hydrogen-bond acceptors (Lipinski definition) is 5. The van der Waals surface area contributed by atoms with Crippen molar-refractivity contribution in [1.82, 2.24) is 0 Å². The van der Waals surface area contributed by atoms with Gasteiger partial charge in [-0.05, 0) is 36.7 Å². The first kappa shape index (κ1) is 20.2. The number of ketones is 1. The topological polar surface area (TPSA) is 34.1 Å². The Morgan fingerprint density at radius 3 is 2.18 bits per heavy atom. The molecule has 0 spiro atoms. The molecule has 2 nitrogen and oxygen atoms in total. The van der Waals surface area contributed by atoms with Crippen molar-refractivity contribution in [3.8, 4) is 0 Å². The van der Waals surface area contributed by atoms with Crippen LogP contribution in [0.1, 0.15) is 33.6 Å². The van der Waals surface area contributed by atoms with E-state index in [1.807, 2.05) is 13.8 Å². The van der Waals surface area contributed by atoms with Gasteiger partial charge in [0.2, 0.25) is 5.12 Å². The summed E-state index contributed by atoms with van der Waals surface area (Å²) in [4.78, 5) is 24.2. The smallest absolute Gasteiger partial charge is 0.300 e. The maximum absolute atomic E-state index is 12.6. The molecule has 1 aliphatic rings. The number of alkyl halides is 3. The van der Waals surface area contributed by atoms with E-state index in [2.05, 4.69) is 0 Å². The van der Waals surface area contributed by atoms with E-state index < -0.39 is 21.1 Å². The lowest BCUT2D eigenvalue weighted by Gasteiger charge is -2.42. The average Bonchev–Trinajstić information content (AvgIpc) is 2.41. The molecule has 0 bridgehead atoms. The van der Waals surface area contributed by atoms with Crippen molar-refractivity contribution in [2.45, 2.75) is 43.9 Å². The third kappa shape index (κ3) is 5.67. The van der Waals surface area contributed by atoms with Crippen LogP contribution in [0.3, 0.4) is 0 Å². The van der Waals surface area contributed by atoms with E-state index in [9.17, 15) is 22.8 Å². The molecule has 128 valence electrons. The molecule has 8 heteroatoms. The molecule has 1 rings (SSSR count). The molecular weight excluding hydrogens is 353 g/mol. The lowest BCUT2D eigenvalue weighted by atomic mass is 9.87. The van der Waals surface area contributed by atoms with Gasteiger partial charge in [-0.2, -0.15) is 13.2 Å². The lowest BCUT2D eigenvalue weighted by molar-refractivity contribution is -0.119. The van der Waals surface area contributed by atoms with Crippen LogP contribution in [0.5, 0.6) is 0 Å². The maximum Gasteiger partial charge on any atom is 0.398 e. The molecule has 1 heterocycles. The van der Waals surface area contributed by atoms with Crippen LogP contribution in [-0.2, 0) is 9.59 Å². The molecule has 0 amide bonds. The van der Waals surface area contributed by atoms with Gasteiger partial charge in [-0.15, -0.1) is 23.5 Å². The van der Waals surface area contributed by atoms with Crippen molar-refractivity contribution < 1.29 is 22.8 Å². The van der Waals surface area contributed by atoms with Gasteiger partial charge in [0.1, 0.15) is 9.86 Å². The van der Waals surface area contributed by atoms with Gasteiger partial charge in [0, 0.05) is 6.42 Å². The predicted octanol–water partition coefficient (Wildman–Crippen LogP) is 4.63. The highest BCUT2D eigenvalue weighted by Crippen LogP contribution is 2.53. The Kier molecular flexibility index (Phi) is 7.66. The first-order valence-corrected chi connectivity index (χ1v) is 10.1. The highest BCUT2D eigenvalue weighted by atomic mass is 32.2. The Balaban J connectivity index is 3.01. The Bertz CT molecular complexity index is 405. The lowest BCUT2D eigenvalue weighted by Crippen LogP contribution is -2.44. The maximum atomic E-state index is 12.6. The summed E-state index contributed by atoms with van der Waals surface area (Å²) in [7, 11) is 0. The Morgan fingerprint density at radius 1 is 1.23 bits per heavy atom. The van der Waals surface area contributed by atoms with E-state index in [0.717, 1.165) is 17.9 Å². The van der Waals surface area contributed by atoms with Crippen LogP contribution >= 0.6 is 35.3 Å². The standard InChI is InChI=1S/C14H21F3O2S3/c1-9(2)11(7-10(3)18)14(21-5-4-6-22-14)12(19)20-8-13(15,16)17/h9,11H,4-8H2,1-3H3. The zero-order valence-electron chi connectivity index (χ0n) is 12.9. The second-order valence-corrected chi connectivity index (χ2v) is 9.55. The monoisotopic (exact) mass is 374 g/mol. The summed E-state index contributed by atoms with van der Waals surface area (Å²) in [5, 5.41) is -0.445. The van der Waals surface area contributed by atoms with Crippen molar-refractivity contribution in [3.05, 3.63) is 0 Å². The number of hydrogen-bond donors (Lipinski definition) is 0. The molecule has 1 aliphatic heterocycles. The molecule has 1 unspecified atom stereocenters. The fourth-order valence-corrected chi connectivity index (χ4v) is 7.33. The summed E-state index contributed by atoms with van der Waals surface area (Å²) in [5.74, 6) is 0.0998. The summed E-state index contributed by atoms with van der Waals surface area (Å²) >= 11 is 3.19. The summed E-state index contributed by atoms with van der Waals surface area (Å²) in [6, 6.07) is 0. The third-order valence-electron chi connectivity index (χ3n) is 3.37. The largest absolute Gasteiger partial charge is 0.398 e. The number of carbonyl (C=O) groups excluding carboxylic acids is 2. The van der Waals surface area contributed by atoms with E-state index in [0.29, 0.717) is 11.8 Å². The van der Waals surface area contributed by atoms with Crippen LogP contribution in [0.4, 0.5) is 13.2 Å². The summed E-state index contributed by atoms with van der Waals surface area (Å²) < 4.78 is 36.4. The summed E-state index contributed by atoms with van der Waals surface area (Å²) in [6.07, 6.45) is -3.20. The molecule has 0 aromatic heterocycles. The fraction of sp³-hybridized carbons (Fsp3) is 0.857. The third-order valence-corrected chi connectivity index (χ3v) is 8.21. The Hall–Kier alpha value is 0.180. The molecule has 1 saturated heterocycles. The minimum atomic E-state index is -4.36. The molecule has 0 aromatic carbocycles. The molecule has 22 heavy (non-hydrogen) atoms. The normalized spacial score (nSPS) is 20.0. The summed E-state index contributed by atoms with van der Waals surface area (Å²) in [5.41, 5.74) is 0. The highest BCUT2D eigenvalue weighted by molar-refractivity contribution is 8.25. The van der Waals surface area contributed by atoms with E-state index >= 15 is 0 Å². The Morgan fingerprint density at radius 2 is 1.77 bits per heavy atom. The molecule has 0 aliphatic carbocycles. The van der Waals surface area contributed by atoms with Gasteiger partial charge < -0.3 is 4.79 Å². The second kappa shape index (κ2) is 8.33. The number of rotatable bonds is 6. The minimum absolute atomic E-state index is 0.0292. The number of halogens is 3. The fourth-order valence-electron chi connectivity index (χ4n) is 2.40. The van der Waals surface area contributed by atoms with Crippen molar-refractivity contribution in [3.63, 3.8) is 0 Å². The van der Waals surface area contributed by atoms with Gasteiger partial charge in [0.15, 0.2) is 0 Å². The molecule has 0 aromatic rings. The van der Waals surface area contributed by atoms with Crippen molar-refractivity contribution in [2.75, 3.05) is 17.3 Å². The first-order chi connectivity index (χ1) is 10.1. The summed E-state index contributed by atoms with van der Waals surface area (Å²) in [6.45, 7) is 5.31. The van der Waals surface area contributed by atoms with Crippen molar-refractivity contribution in [1.29, 1.82) is 0 Å². The van der Waals surface area contributed by atoms with Gasteiger partial charge >= 0.3 is 6.18 Å². The molecule has 0 radical (unpaired) electrons. The predicted molar refractivity (Wildman–Crippen MR) is 89.4 cm³/mol.